The molecular formula is C98H63Br4I2N5. The second kappa shape index (κ2) is 29.0. The van der Waals surface area contributed by atoms with Gasteiger partial charge >= 0.3 is 0 Å². The van der Waals surface area contributed by atoms with Crippen LogP contribution in [-0.2, 0) is 6.42 Å². The maximum Gasteiger partial charge on any atom is 0.0788 e. The lowest BCUT2D eigenvalue weighted by Crippen LogP contribution is -1.99. The molecule has 522 valence electrons. The molecule has 0 saturated carbocycles. The van der Waals surface area contributed by atoms with Gasteiger partial charge in [0.25, 0.3) is 0 Å². The fourth-order valence-electron chi connectivity index (χ4n) is 16.8. The summed E-state index contributed by atoms with van der Waals surface area (Å²) in [4.78, 5) is 0.470. The normalized spacial score (nSPS) is 11.9. The van der Waals surface area contributed by atoms with Crippen LogP contribution in [0.25, 0.3) is 171 Å². The third-order valence-corrected chi connectivity index (χ3v) is 23.7. The molecule has 1 aliphatic rings. The molecule has 0 spiro atoms. The Morgan fingerprint density at radius 1 is 0.257 bits per heavy atom. The van der Waals surface area contributed by atoms with Crippen molar-refractivity contribution in [1.82, 2.24) is 22.8 Å². The summed E-state index contributed by atoms with van der Waals surface area (Å²) < 4.78 is 24.0. The molecule has 0 amide bonds. The highest BCUT2D eigenvalue weighted by Crippen LogP contribution is 2.48. The molecule has 0 atom stereocenters. The van der Waals surface area contributed by atoms with Crippen LogP contribution in [-0.4, -0.2) is 27.7 Å². The average molecular weight is 1890 g/mol. The third-order valence-electron chi connectivity index (χ3n) is 21.3. The van der Waals surface area contributed by atoms with Crippen molar-refractivity contribution in [2.75, 3.05) is 4.91 Å². The number of benzene rings is 16. The van der Waals surface area contributed by atoms with Crippen LogP contribution in [0.2, 0.25) is 0 Å². The summed E-state index contributed by atoms with van der Waals surface area (Å²) >= 11 is 18.5. The van der Waals surface area contributed by atoms with Crippen molar-refractivity contribution in [2.24, 2.45) is 0 Å². The van der Waals surface area contributed by atoms with Gasteiger partial charge < -0.3 is 22.8 Å². The van der Waals surface area contributed by atoms with Crippen molar-refractivity contribution in [1.29, 1.82) is 0 Å². The Bertz CT molecular complexity index is 7150. The predicted octanol–water partition coefficient (Wildman–Crippen LogP) is 30.2. The zero-order chi connectivity index (χ0) is 74.3. The molecule has 21 aromatic rings. The largest absolute Gasteiger partial charge is 0.309 e. The van der Waals surface area contributed by atoms with E-state index in [9.17, 15) is 0 Å². The van der Waals surface area contributed by atoms with Crippen molar-refractivity contribution in [3.63, 3.8) is 0 Å². The third kappa shape index (κ3) is 12.2. The minimum atomic E-state index is 0.470. The lowest BCUT2D eigenvalue weighted by molar-refractivity contribution is 1.14. The Kier molecular flexibility index (Phi) is 18.2. The second-order valence-corrected chi connectivity index (χ2v) is 32.3. The number of hydrogen-bond donors (Lipinski definition) is 0. The Balaban J connectivity index is 0.000000131. The zero-order valence-electron chi connectivity index (χ0n) is 59.4. The van der Waals surface area contributed by atoms with Crippen LogP contribution in [0.4, 0.5) is 0 Å². The Labute approximate surface area is 692 Å². The molecule has 1 aliphatic carbocycles. The zero-order valence-corrected chi connectivity index (χ0v) is 69.1. The van der Waals surface area contributed by atoms with E-state index in [1.165, 1.54) is 168 Å². The van der Waals surface area contributed by atoms with Gasteiger partial charge in [-0.1, -0.05) is 311 Å². The van der Waals surface area contributed by atoms with Crippen LogP contribution < -0.4 is 0 Å². The average Bonchev–Trinajstić information content (AvgIpc) is 1.54. The van der Waals surface area contributed by atoms with Crippen molar-refractivity contribution in [3.05, 3.63) is 384 Å². The van der Waals surface area contributed by atoms with Crippen LogP contribution in [0, 0.1) is 3.57 Å². The van der Waals surface area contributed by atoms with E-state index in [2.05, 4.69) is 455 Å². The summed E-state index contributed by atoms with van der Waals surface area (Å²) in [6.07, 6.45) is 0.957. The van der Waals surface area contributed by atoms with Gasteiger partial charge in [-0.15, -0.1) is 0 Å². The Morgan fingerprint density at radius 2 is 0.596 bits per heavy atom. The number of aromatic nitrogens is 5. The van der Waals surface area contributed by atoms with Crippen LogP contribution in [0.3, 0.4) is 0 Å². The Hall–Kier alpha value is -10.1. The van der Waals surface area contributed by atoms with Crippen molar-refractivity contribution < 1.29 is 1.37 Å². The van der Waals surface area contributed by atoms with E-state index in [0.29, 0.717) is 4.91 Å². The Morgan fingerprint density at radius 3 is 1.06 bits per heavy atom. The summed E-state index contributed by atoms with van der Waals surface area (Å²) in [7, 11) is 0. The molecule has 0 aliphatic heterocycles. The van der Waals surface area contributed by atoms with Gasteiger partial charge in [0.05, 0.1) is 55.2 Å². The lowest BCUT2D eigenvalue weighted by atomic mass is 10.0. The van der Waals surface area contributed by atoms with Gasteiger partial charge in [0.15, 0.2) is 0 Å². The van der Waals surface area contributed by atoms with Gasteiger partial charge in [-0.25, -0.2) is 0 Å². The molecule has 0 radical (unpaired) electrons. The van der Waals surface area contributed by atoms with Gasteiger partial charge in [-0.05, 0) is 199 Å². The maximum atomic E-state index is 6.20. The first kappa shape index (κ1) is 68.2. The van der Waals surface area contributed by atoms with E-state index in [1.54, 1.807) is 0 Å². The van der Waals surface area contributed by atoms with Gasteiger partial charge in [0.1, 0.15) is 0 Å². The number of halogens is 6. The molecule has 0 fully saturated rings. The van der Waals surface area contributed by atoms with Crippen molar-refractivity contribution in [2.45, 2.75) is 6.42 Å². The van der Waals surface area contributed by atoms with E-state index < -0.39 is 0 Å². The molecule has 0 N–H and O–H groups in total. The fraction of sp³-hybridized carbons (Fsp3) is 0.0204. The molecule has 22 rings (SSSR count). The number of hydrogen-bond acceptors (Lipinski definition) is 0. The molecule has 0 unspecified atom stereocenters. The monoisotopic (exact) mass is 1880 g/mol. The molecule has 0 saturated heterocycles. The second-order valence-electron chi connectivity index (χ2n) is 27.4. The molecule has 0 bridgehead atoms. The van der Waals surface area contributed by atoms with Gasteiger partial charge in [0.2, 0.25) is 0 Å². The van der Waals surface area contributed by atoms with E-state index in [4.69, 9.17) is 1.37 Å². The minimum absolute atomic E-state index is 0.470. The molecule has 11 heteroatoms. The predicted molar refractivity (Wildman–Crippen MR) is 494 cm³/mol. The topological polar surface area (TPSA) is 24.6 Å². The number of alkyl halides is 1. The van der Waals surface area contributed by atoms with E-state index >= 15 is 0 Å². The molecule has 16 aromatic carbocycles. The fourth-order valence-corrected chi connectivity index (χ4v) is 20.9. The quantitative estimate of drug-likeness (QED) is 0.112. The molecule has 5 aromatic heterocycles. The summed E-state index contributed by atoms with van der Waals surface area (Å²) in [6.45, 7) is 0. The molecule has 5 nitrogen and oxygen atoms in total. The first-order chi connectivity index (χ1) is 54.0. The van der Waals surface area contributed by atoms with Crippen LogP contribution in [0.5, 0.6) is 0 Å². The van der Waals surface area contributed by atoms with Crippen LogP contribution >= 0.6 is 109 Å². The van der Waals surface area contributed by atoms with Crippen LogP contribution in [0.15, 0.2) is 370 Å². The van der Waals surface area contributed by atoms with Crippen molar-refractivity contribution >= 4 is 218 Å². The van der Waals surface area contributed by atoms with E-state index in [0.717, 1.165) is 41.4 Å². The smallest absolute Gasteiger partial charge is 0.0788 e. The minimum Gasteiger partial charge on any atom is -0.309 e. The standard InChI is InChI=1S/C48H29Br2N3.C43H28N2.C6H3Br2I.CH3I/c49-32-26-33(50)28-36(27-32)53-45-20-9-5-16-38(45)41-23-22-40-37-15-4-8-19-44(37)52(47(40)48(41)53)35-21-24-46-42(29-35)39-17-6-7-18-43(39)51(46)34-14-10-13-31(25-34)30-11-2-1-3-12-30;1-2-11-28(12-3-1)29-14-10-15-31(25-29)44-40-19-8-7-18-36(40)38-27-32(21-24-42(38)44)45-41-20-9-6-17-35(41)37-23-22-34-33-16-5-4-13-30(33)26-39(34)43(37)45;7-4-1-5(8)3-6(9)2-4;1-2/h1-29H;1-25,27H,26H2;1-3H;1H3/i;;;1D. The SMILES string of the molecule is Brc1cc(Br)cc(-n2c3ccccc3c3ccc4c5ccccc5n(-c5ccc6c(c5)c5ccccc5n6-c5cccc(-c6ccccc6)c5)c4c32)c1.Brc1cc(Br)cc(I)c1.[2H]CI.c1ccc(-c2cccc(-n3c4ccccc4c4cc(-n5c6ccccc6c6ccc7c(c65)Cc5ccccc5-7)ccc43)c2)cc1. The summed E-state index contributed by atoms with van der Waals surface area (Å²) in [5.74, 6) is 0. The molecule has 109 heavy (non-hydrogen) atoms. The number of para-hydroxylation sites is 5. The van der Waals surface area contributed by atoms with Crippen molar-refractivity contribution in [3.8, 4) is 61.8 Å². The highest BCUT2D eigenvalue weighted by Gasteiger charge is 2.27. The van der Waals surface area contributed by atoms with Crippen LogP contribution in [0.1, 0.15) is 12.5 Å². The number of rotatable bonds is 7. The molecule has 5 heterocycles. The molecular weight excluding hydrogens is 1820 g/mol. The van der Waals surface area contributed by atoms with E-state index in [-0.39, 0.29) is 0 Å². The summed E-state index contributed by atoms with van der Waals surface area (Å²) in [6, 6.07) is 128. The lowest BCUT2D eigenvalue weighted by Gasteiger charge is -2.14. The summed E-state index contributed by atoms with van der Waals surface area (Å²) in [5, 5.41) is 12.5. The summed E-state index contributed by atoms with van der Waals surface area (Å²) in [5.41, 5.74) is 28.2. The number of nitrogens with zero attached hydrogens (tertiary/aromatic N) is 5. The first-order valence-corrected chi connectivity index (χ1v) is 41.7. The maximum absolute atomic E-state index is 6.20. The van der Waals surface area contributed by atoms with Gasteiger partial charge in [-0.3, -0.25) is 0 Å². The van der Waals surface area contributed by atoms with Gasteiger partial charge in [-0.2, -0.15) is 0 Å². The first-order valence-electron chi connectivity index (χ1n) is 36.7. The van der Waals surface area contributed by atoms with Gasteiger partial charge in [0, 0.05) is 112 Å². The highest BCUT2D eigenvalue weighted by atomic mass is 127. The van der Waals surface area contributed by atoms with E-state index in [1.807, 2.05) is 28.7 Å². The number of fused-ring (bicyclic) bond motifs is 20. The highest BCUT2D eigenvalue weighted by molar-refractivity contribution is 14.1.